The summed E-state index contributed by atoms with van der Waals surface area (Å²) in [5, 5.41) is 18.4. The predicted molar refractivity (Wildman–Crippen MR) is 79.9 cm³/mol. The largest absolute Gasteiger partial charge is 0.481 e. The van der Waals surface area contributed by atoms with Gasteiger partial charge in [-0.3, -0.25) is 15.5 Å². The van der Waals surface area contributed by atoms with Crippen molar-refractivity contribution >= 4 is 23.1 Å². The third kappa shape index (κ3) is 3.49. The van der Waals surface area contributed by atoms with Crippen molar-refractivity contribution in [3.05, 3.63) is 68.7 Å². The summed E-state index contributed by atoms with van der Waals surface area (Å²) < 4.78 is 5.46. The van der Waals surface area contributed by atoms with Crippen molar-refractivity contribution in [1.29, 1.82) is 5.41 Å². The van der Waals surface area contributed by atoms with Gasteiger partial charge in [-0.15, -0.1) is 0 Å². The smallest absolute Gasteiger partial charge is 0.312 e. The molecule has 0 aromatic heterocycles. The van der Waals surface area contributed by atoms with E-state index >= 15 is 0 Å². The number of amidine groups is 1. The summed E-state index contributed by atoms with van der Waals surface area (Å²) >= 11 is 5.93. The average molecular weight is 306 g/mol. The zero-order valence-electron chi connectivity index (χ0n) is 10.9. The molecule has 0 fully saturated rings. The molecule has 0 bridgehead atoms. The van der Waals surface area contributed by atoms with Crippen molar-refractivity contribution in [2.24, 2.45) is 5.73 Å². The molecule has 2 aromatic carbocycles. The van der Waals surface area contributed by atoms with E-state index in [4.69, 9.17) is 27.5 Å². The van der Waals surface area contributed by atoms with Gasteiger partial charge in [-0.2, -0.15) is 0 Å². The van der Waals surface area contributed by atoms with Crippen LogP contribution in [0.5, 0.6) is 5.75 Å². The predicted octanol–water partition coefficient (Wildman–Crippen LogP) is 3.11. The fourth-order valence-electron chi connectivity index (χ4n) is 1.72. The van der Waals surface area contributed by atoms with Gasteiger partial charge >= 0.3 is 5.69 Å². The molecule has 7 heteroatoms. The number of nitrogens with one attached hydrogen (secondary N) is 1. The van der Waals surface area contributed by atoms with Gasteiger partial charge in [0.15, 0.2) is 0 Å². The van der Waals surface area contributed by atoms with Crippen molar-refractivity contribution in [3.63, 3.8) is 0 Å². The van der Waals surface area contributed by atoms with E-state index < -0.39 is 4.92 Å². The van der Waals surface area contributed by atoms with Gasteiger partial charge in [0.25, 0.3) is 0 Å². The third-order valence-corrected chi connectivity index (χ3v) is 3.09. The van der Waals surface area contributed by atoms with E-state index in [0.717, 1.165) is 5.56 Å². The molecule has 108 valence electrons. The minimum absolute atomic E-state index is 0.0239. The van der Waals surface area contributed by atoms with Gasteiger partial charge < -0.3 is 10.5 Å². The molecule has 3 N–H and O–H groups in total. The molecule has 2 aromatic rings. The molecular weight excluding hydrogens is 294 g/mol. The van der Waals surface area contributed by atoms with Gasteiger partial charge in [0.1, 0.15) is 12.4 Å². The van der Waals surface area contributed by atoms with Crippen molar-refractivity contribution in [2.75, 3.05) is 0 Å². The Balaban J connectivity index is 2.16. The number of hydrogen-bond acceptors (Lipinski definition) is 4. The second kappa shape index (κ2) is 6.23. The monoisotopic (exact) mass is 305 g/mol. The fraction of sp³-hybridized carbons (Fsp3) is 0.0714. The molecule has 2 rings (SSSR count). The SMILES string of the molecule is N=C(N)c1ccc(COc2c(Cl)cccc2[N+](=O)[O-])cc1. The molecule has 0 saturated carbocycles. The van der Waals surface area contributed by atoms with Crippen LogP contribution in [-0.2, 0) is 6.61 Å². The normalized spacial score (nSPS) is 10.1. The molecular formula is C14H12ClN3O3. The number of rotatable bonds is 5. The molecule has 21 heavy (non-hydrogen) atoms. The Hall–Kier alpha value is -2.60. The van der Waals surface area contributed by atoms with Crippen LogP contribution < -0.4 is 10.5 Å². The van der Waals surface area contributed by atoms with Crippen LogP contribution in [-0.4, -0.2) is 10.8 Å². The van der Waals surface area contributed by atoms with Crippen LogP contribution >= 0.6 is 11.6 Å². The maximum absolute atomic E-state index is 10.9. The van der Waals surface area contributed by atoms with Crippen LogP contribution in [0.4, 0.5) is 5.69 Å². The number of nitro benzene ring substituents is 1. The van der Waals surface area contributed by atoms with E-state index in [2.05, 4.69) is 0 Å². The highest BCUT2D eigenvalue weighted by molar-refractivity contribution is 6.32. The van der Waals surface area contributed by atoms with Crippen molar-refractivity contribution in [3.8, 4) is 5.75 Å². The lowest BCUT2D eigenvalue weighted by Gasteiger charge is -2.09. The van der Waals surface area contributed by atoms with Crippen LogP contribution in [0.15, 0.2) is 42.5 Å². The number of nitro groups is 1. The zero-order valence-corrected chi connectivity index (χ0v) is 11.6. The number of hydrogen-bond donors (Lipinski definition) is 2. The molecule has 6 nitrogen and oxygen atoms in total. The van der Waals surface area contributed by atoms with Gasteiger partial charge in [-0.05, 0) is 11.6 Å². The number of nitrogens with two attached hydrogens (primary N) is 1. The van der Waals surface area contributed by atoms with Crippen LogP contribution in [0.3, 0.4) is 0 Å². The summed E-state index contributed by atoms with van der Waals surface area (Å²) in [6.45, 7) is 0.128. The van der Waals surface area contributed by atoms with Crippen LogP contribution in [0.1, 0.15) is 11.1 Å². The Kier molecular flexibility index (Phi) is 4.39. The molecule has 0 aliphatic rings. The second-order valence-electron chi connectivity index (χ2n) is 4.24. The first kappa shape index (κ1) is 14.8. The zero-order chi connectivity index (χ0) is 15.4. The quantitative estimate of drug-likeness (QED) is 0.383. The third-order valence-electron chi connectivity index (χ3n) is 2.79. The highest BCUT2D eigenvalue weighted by Crippen LogP contribution is 2.34. The van der Waals surface area contributed by atoms with E-state index in [1.54, 1.807) is 24.3 Å². The fourth-order valence-corrected chi connectivity index (χ4v) is 1.94. The van der Waals surface area contributed by atoms with Crippen molar-refractivity contribution in [1.82, 2.24) is 0 Å². The van der Waals surface area contributed by atoms with Crippen LogP contribution in [0.2, 0.25) is 5.02 Å². The Morgan fingerprint density at radius 2 is 1.95 bits per heavy atom. The number of halogens is 1. The Bertz CT molecular complexity index is 686. The first-order valence-corrected chi connectivity index (χ1v) is 6.36. The average Bonchev–Trinajstić information content (AvgIpc) is 2.46. The van der Waals surface area contributed by atoms with E-state index in [9.17, 15) is 10.1 Å². The Morgan fingerprint density at radius 3 is 2.52 bits per heavy atom. The van der Waals surface area contributed by atoms with Crippen LogP contribution in [0.25, 0.3) is 0 Å². The standard InChI is InChI=1S/C14H12ClN3O3/c15-11-2-1-3-12(18(19)20)13(11)21-8-9-4-6-10(7-5-9)14(16)17/h1-7H,8H2,(H3,16,17). The summed E-state index contributed by atoms with van der Waals surface area (Å²) in [5.41, 5.74) is 6.57. The second-order valence-corrected chi connectivity index (χ2v) is 4.65. The Labute approximate surface area is 125 Å². The Morgan fingerprint density at radius 1 is 1.29 bits per heavy atom. The lowest BCUT2D eigenvalue weighted by molar-refractivity contribution is -0.385. The van der Waals surface area contributed by atoms with Gasteiger partial charge in [0.2, 0.25) is 5.75 Å². The van der Waals surface area contributed by atoms with Crippen molar-refractivity contribution < 1.29 is 9.66 Å². The number of ether oxygens (including phenoxy) is 1. The molecule has 0 aliphatic heterocycles. The number of nitrogens with zero attached hydrogens (tertiary/aromatic N) is 1. The molecule has 0 aliphatic carbocycles. The highest BCUT2D eigenvalue weighted by atomic mass is 35.5. The number of benzene rings is 2. The highest BCUT2D eigenvalue weighted by Gasteiger charge is 2.18. The lowest BCUT2D eigenvalue weighted by atomic mass is 10.1. The lowest BCUT2D eigenvalue weighted by Crippen LogP contribution is -2.10. The van der Waals surface area contributed by atoms with Gasteiger partial charge in [-0.25, -0.2) is 0 Å². The number of para-hydroxylation sites is 1. The molecule has 0 spiro atoms. The van der Waals surface area contributed by atoms with Gasteiger partial charge in [0, 0.05) is 11.6 Å². The molecule has 0 radical (unpaired) electrons. The summed E-state index contributed by atoms with van der Waals surface area (Å²) in [6.07, 6.45) is 0. The van der Waals surface area contributed by atoms with E-state index in [0.29, 0.717) is 5.56 Å². The van der Waals surface area contributed by atoms with Crippen molar-refractivity contribution in [2.45, 2.75) is 6.61 Å². The van der Waals surface area contributed by atoms with E-state index in [1.165, 1.54) is 18.2 Å². The van der Waals surface area contributed by atoms with E-state index in [1.807, 2.05) is 0 Å². The van der Waals surface area contributed by atoms with Gasteiger partial charge in [-0.1, -0.05) is 41.9 Å². The van der Waals surface area contributed by atoms with Crippen LogP contribution in [0, 0.1) is 15.5 Å². The summed E-state index contributed by atoms with van der Waals surface area (Å²) in [5.74, 6) is 0.0176. The first-order valence-electron chi connectivity index (χ1n) is 5.98. The molecule has 0 heterocycles. The summed E-state index contributed by atoms with van der Waals surface area (Å²) in [7, 11) is 0. The first-order chi connectivity index (χ1) is 9.99. The summed E-state index contributed by atoms with van der Waals surface area (Å²) in [6, 6.07) is 11.2. The van der Waals surface area contributed by atoms with E-state index in [-0.39, 0.29) is 28.9 Å². The molecule has 0 amide bonds. The topological polar surface area (TPSA) is 102 Å². The molecule has 0 unspecified atom stereocenters. The van der Waals surface area contributed by atoms with Gasteiger partial charge in [0.05, 0.1) is 9.95 Å². The summed E-state index contributed by atoms with van der Waals surface area (Å²) in [4.78, 5) is 10.4. The number of nitrogen functional groups attached to an aromatic ring is 1. The minimum Gasteiger partial charge on any atom is -0.481 e. The maximum Gasteiger partial charge on any atom is 0.312 e. The molecule has 0 saturated heterocycles. The maximum atomic E-state index is 10.9. The minimum atomic E-state index is -0.542. The molecule has 0 atom stereocenters.